The quantitative estimate of drug-likeness (QED) is 0.392. The molecule has 0 bridgehead atoms. The second-order valence-corrected chi connectivity index (χ2v) is 4.03. The standard InChI is InChI=1S/C10H19N5O2/c1-10(16,3-4-17-2)6-12-8-5-9(15-11)14-7-13-8/h5,7,16H,3-4,6,11H2,1-2H3,(H2,12,13,14,15). The molecule has 1 aromatic rings. The van der Waals surface area contributed by atoms with E-state index >= 15 is 0 Å². The normalized spacial score (nSPS) is 14.1. The number of rotatable bonds is 7. The van der Waals surface area contributed by atoms with Gasteiger partial charge < -0.3 is 20.6 Å². The Kier molecular flexibility index (Phi) is 5.08. The van der Waals surface area contributed by atoms with Crippen molar-refractivity contribution in [3.63, 3.8) is 0 Å². The minimum absolute atomic E-state index is 0.372. The van der Waals surface area contributed by atoms with Gasteiger partial charge in [0, 0.05) is 32.7 Å². The molecule has 0 saturated carbocycles. The summed E-state index contributed by atoms with van der Waals surface area (Å²) in [5, 5.41) is 13.0. The lowest BCUT2D eigenvalue weighted by Crippen LogP contribution is -2.34. The highest BCUT2D eigenvalue weighted by Crippen LogP contribution is 2.12. The third-order valence-electron chi connectivity index (χ3n) is 2.31. The van der Waals surface area contributed by atoms with Gasteiger partial charge in [-0.2, -0.15) is 0 Å². The summed E-state index contributed by atoms with van der Waals surface area (Å²) in [4.78, 5) is 7.89. The zero-order valence-corrected chi connectivity index (χ0v) is 10.1. The van der Waals surface area contributed by atoms with Gasteiger partial charge >= 0.3 is 0 Å². The lowest BCUT2D eigenvalue weighted by atomic mass is 10.0. The Morgan fingerprint density at radius 3 is 2.82 bits per heavy atom. The molecule has 1 unspecified atom stereocenters. The number of nitrogen functional groups attached to an aromatic ring is 1. The molecule has 0 aromatic carbocycles. The molecule has 17 heavy (non-hydrogen) atoms. The Hall–Kier alpha value is -1.44. The number of anilines is 2. The number of hydrogen-bond donors (Lipinski definition) is 4. The van der Waals surface area contributed by atoms with Crippen molar-refractivity contribution >= 4 is 11.6 Å². The summed E-state index contributed by atoms with van der Waals surface area (Å²) in [5.41, 5.74) is 1.58. The van der Waals surface area contributed by atoms with Crippen molar-refractivity contribution < 1.29 is 9.84 Å². The second-order valence-electron chi connectivity index (χ2n) is 4.03. The summed E-state index contributed by atoms with van der Waals surface area (Å²) in [6.45, 7) is 2.62. The van der Waals surface area contributed by atoms with Crippen LogP contribution in [0.3, 0.4) is 0 Å². The molecule has 0 spiro atoms. The number of aromatic nitrogens is 2. The number of nitrogens with two attached hydrogens (primary N) is 1. The van der Waals surface area contributed by atoms with Gasteiger partial charge in [0.2, 0.25) is 0 Å². The first-order chi connectivity index (χ1) is 8.07. The average molecular weight is 241 g/mol. The molecule has 0 aliphatic heterocycles. The fraction of sp³-hybridized carbons (Fsp3) is 0.600. The van der Waals surface area contributed by atoms with Gasteiger partial charge in [0.15, 0.2) is 0 Å². The van der Waals surface area contributed by atoms with Crippen LogP contribution in [0, 0.1) is 0 Å². The van der Waals surface area contributed by atoms with Gasteiger partial charge in [-0.25, -0.2) is 15.8 Å². The predicted octanol–water partition coefficient (Wildman–Crippen LogP) is -0.0384. The molecular weight excluding hydrogens is 222 g/mol. The third kappa shape index (κ3) is 4.94. The van der Waals surface area contributed by atoms with Gasteiger partial charge in [0.25, 0.3) is 0 Å². The topological polar surface area (TPSA) is 105 Å². The van der Waals surface area contributed by atoms with Crippen molar-refractivity contribution in [3.8, 4) is 0 Å². The van der Waals surface area contributed by atoms with Crippen LogP contribution in [0.1, 0.15) is 13.3 Å². The van der Waals surface area contributed by atoms with Crippen LogP contribution >= 0.6 is 0 Å². The molecule has 0 radical (unpaired) electrons. The molecule has 7 heteroatoms. The smallest absolute Gasteiger partial charge is 0.145 e. The van der Waals surface area contributed by atoms with Crippen LogP contribution < -0.4 is 16.6 Å². The molecule has 5 N–H and O–H groups in total. The zero-order valence-electron chi connectivity index (χ0n) is 10.1. The molecule has 1 heterocycles. The first kappa shape index (κ1) is 13.6. The molecule has 0 aliphatic carbocycles. The van der Waals surface area contributed by atoms with Crippen LogP contribution in [0.15, 0.2) is 12.4 Å². The lowest BCUT2D eigenvalue weighted by molar-refractivity contribution is 0.0357. The number of aliphatic hydroxyl groups is 1. The average Bonchev–Trinajstić information content (AvgIpc) is 2.34. The van der Waals surface area contributed by atoms with Crippen molar-refractivity contribution in [2.75, 3.05) is 31.0 Å². The summed E-state index contributed by atoms with van der Waals surface area (Å²) in [7, 11) is 1.60. The van der Waals surface area contributed by atoms with Crippen molar-refractivity contribution in [1.82, 2.24) is 9.97 Å². The molecule has 1 rings (SSSR count). The Morgan fingerprint density at radius 1 is 1.47 bits per heavy atom. The van der Waals surface area contributed by atoms with Crippen LogP contribution in [-0.4, -0.2) is 40.9 Å². The third-order valence-corrected chi connectivity index (χ3v) is 2.31. The summed E-state index contributed by atoms with van der Waals surface area (Å²) >= 11 is 0. The molecule has 1 atom stereocenters. The molecule has 1 aromatic heterocycles. The maximum atomic E-state index is 10.0. The van der Waals surface area contributed by atoms with Gasteiger partial charge in [0.05, 0.1) is 5.60 Å². The van der Waals surface area contributed by atoms with Crippen LogP contribution in [0.5, 0.6) is 0 Å². The van der Waals surface area contributed by atoms with Crippen molar-refractivity contribution in [1.29, 1.82) is 0 Å². The number of nitrogens with one attached hydrogen (secondary N) is 2. The maximum Gasteiger partial charge on any atom is 0.145 e. The summed E-state index contributed by atoms with van der Waals surface area (Å²) in [5.74, 6) is 6.35. The fourth-order valence-corrected chi connectivity index (χ4v) is 1.22. The van der Waals surface area contributed by atoms with Crippen LogP contribution in [0.2, 0.25) is 0 Å². The van der Waals surface area contributed by atoms with Crippen molar-refractivity contribution in [2.45, 2.75) is 18.9 Å². The second kappa shape index (κ2) is 6.33. The van der Waals surface area contributed by atoms with E-state index in [0.717, 1.165) is 0 Å². The van der Waals surface area contributed by atoms with E-state index in [1.165, 1.54) is 6.33 Å². The summed E-state index contributed by atoms with van der Waals surface area (Å²) < 4.78 is 4.93. The number of nitrogens with zero attached hydrogens (tertiary/aromatic N) is 2. The highest BCUT2D eigenvalue weighted by atomic mass is 16.5. The van der Waals surface area contributed by atoms with E-state index in [0.29, 0.717) is 31.2 Å². The van der Waals surface area contributed by atoms with Crippen molar-refractivity contribution in [3.05, 3.63) is 12.4 Å². The first-order valence-electron chi connectivity index (χ1n) is 5.31. The molecule has 0 fully saturated rings. The molecule has 0 aliphatic rings. The lowest BCUT2D eigenvalue weighted by Gasteiger charge is -2.23. The van der Waals surface area contributed by atoms with Gasteiger partial charge in [-0.1, -0.05) is 0 Å². The molecule has 0 amide bonds. The monoisotopic (exact) mass is 241 g/mol. The molecule has 0 saturated heterocycles. The number of hydrazine groups is 1. The van der Waals surface area contributed by atoms with E-state index in [4.69, 9.17) is 10.6 Å². The maximum absolute atomic E-state index is 10.0. The Bertz CT molecular complexity index is 345. The van der Waals surface area contributed by atoms with E-state index in [9.17, 15) is 5.11 Å². The van der Waals surface area contributed by atoms with Crippen LogP contribution in [0.4, 0.5) is 11.6 Å². The number of methoxy groups -OCH3 is 1. The van der Waals surface area contributed by atoms with Gasteiger partial charge in [-0.15, -0.1) is 0 Å². The Labute approximate surface area is 100 Å². The van der Waals surface area contributed by atoms with Gasteiger partial charge in [-0.05, 0) is 6.92 Å². The Balaban J connectivity index is 2.48. The van der Waals surface area contributed by atoms with Crippen LogP contribution in [0.25, 0.3) is 0 Å². The summed E-state index contributed by atoms with van der Waals surface area (Å²) in [6.07, 6.45) is 1.94. The molecule has 7 nitrogen and oxygen atoms in total. The molecular formula is C10H19N5O2. The fourth-order valence-electron chi connectivity index (χ4n) is 1.22. The minimum atomic E-state index is -0.850. The predicted molar refractivity (Wildman–Crippen MR) is 65.4 cm³/mol. The zero-order chi connectivity index (χ0) is 12.7. The minimum Gasteiger partial charge on any atom is -0.388 e. The number of hydrogen-bond acceptors (Lipinski definition) is 7. The van der Waals surface area contributed by atoms with Crippen molar-refractivity contribution in [2.24, 2.45) is 5.84 Å². The van der Waals surface area contributed by atoms with E-state index in [1.807, 2.05) is 0 Å². The van der Waals surface area contributed by atoms with Gasteiger partial charge in [-0.3, -0.25) is 0 Å². The number of ether oxygens (including phenoxy) is 1. The molecule has 96 valence electrons. The van der Waals surface area contributed by atoms with E-state index in [1.54, 1.807) is 20.1 Å². The van der Waals surface area contributed by atoms with E-state index in [2.05, 4.69) is 20.7 Å². The Morgan fingerprint density at radius 2 is 2.18 bits per heavy atom. The van der Waals surface area contributed by atoms with E-state index < -0.39 is 5.60 Å². The van der Waals surface area contributed by atoms with Gasteiger partial charge in [0.1, 0.15) is 18.0 Å². The first-order valence-corrected chi connectivity index (χ1v) is 5.31. The van der Waals surface area contributed by atoms with E-state index in [-0.39, 0.29) is 0 Å². The highest BCUT2D eigenvalue weighted by molar-refractivity contribution is 5.45. The summed E-state index contributed by atoms with van der Waals surface area (Å²) in [6, 6.07) is 1.66. The highest BCUT2D eigenvalue weighted by Gasteiger charge is 2.19. The SMILES string of the molecule is COCCC(C)(O)CNc1cc(NN)ncn1. The van der Waals surface area contributed by atoms with Crippen LogP contribution in [-0.2, 0) is 4.74 Å². The largest absolute Gasteiger partial charge is 0.388 e.